The minimum absolute atomic E-state index is 0.449. The van der Waals surface area contributed by atoms with E-state index in [9.17, 15) is 9.65 Å². The Morgan fingerprint density at radius 3 is 2.56 bits per heavy atom. The van der Waals surface area contributed by atoms with E-state index in [2.05, 4.69) is 45.8 Å². The number of nitrogens with zero attached hydrogens (tertiary/aromatic N) is 3. The lowest BCUT2D eigenvalue weighted by molar-refractivity contribution is 0.153. The molecule has 8 heteroatoms. The second-order valence-electron chi connectivity index (χ2n) is 11.7. The van der Waals surface area contributed by atoms with Gasteiger partial charge in [0.1, 0.15) is 23.6 Å². The van der Waals surface area contributed by atoms with E-state index < -0.39 is 6.17 Å². The predicted octanol–water partition coefficient (Wildman–Crippen LogP) is 7.36. The fourth-order valence-electron chi connectivity index (χ4n) is 6.42. The molecule has 0 bridgehead atoms. The van der Waals surface area contributed by atoms with Gasteiger partial charge >= 0.3 is 0 Å². The third kappa shape index (κ3) is 8.78. The summed E-state index contributed by atoms with van der Waals surface area (Å²) in [7, 11) is 0. The molecular formula is C31H44ClFN6. The number of halogens is 2. The molecule has 2 aliphatic rings. The van der Waals surface area contributed by atoms with Crippen molar-refractivity contribution in [1.29, 1.82) is 5.26 Å². The van der Waals surface area contributed by atoms with Crippen LogP contribution in [-0.2, 0) is 6.54 Å². The van der Waals surface area contributed by atoms with Crippen molar-refractivity contribution in [3.05, 3.63) is 46.6 Å². The molecule has 4 atom stereocenters. The van der Waals surface area contributed by atoms with E-state index in [4.69, 9.17) is 11.6 Å². The van der Waals surface area contributed by atoms with Gasteiger partial charge < -0.3 is 16.0 Å². The first-order chi connectivity index (χ1) is 18.9. The van der Waals surface area contributed by atoms with Gasteiger partial charge in [0, 0.05) is 24.2 Å². The Morgan fingerprint density at radius 2 is 1.82 bits per heavy atom. The van der Waals surface area contributed by atoms with Crippen molar-refractivity contribution in [2.24, 2.45) is 23.7 Å². The quantitative estimate of drug-likeness (QED) is 0.254. The maximum absolute atomic E-state index is 13.5. The third-order valence-electron chi connectivity index (χ3n) is 8.71. The number of alkyl halides is 1. The molecule has 3 N–H and O–H groups in total. The van der Waals surface area contributed by atoms with Gasteiger partial charge in [0.15, 0.2) is 0 Å². The number of nitriles is 1. The molecule has 2 aliphatic carbocycles. The monoisotopic (exact) mass is 554 g/mol. The Hall–Kier alpha value is -2.43. The normalized spacial score (nSPS) is 26.0. The topological polar surface area (TPSA) is 85.7 Å². The van der Waals surface area contributed by atoms with E-state index >= 15 is 0 Å². The zero-order valence-electron chi connectivity index (χ0n) is 23.4. The number of nitrogens with one attached hydrogen (secondary N) is 3. The number of anilines is 2. The molecule has 0 saturated heterocycles. The summed E-state index contributed by atoms with van der Waals surface area (Å²) in [5, 5.41) is 20.9. The summed E-state index contributed by atoms with van der Waals surface area (Å²) in [5.74, 6) is 3.52. The molecule has 0 aliphatic heterocycles. The van der Waals surface area contributed by atoms with Crippen LogP contribution < -0.4 is 16.0 Å². The van der Waals surface area contributed by atoms with Crippen LogP contribution in [0, 0.1) is 35.0 Å². The molecule has 0 radical (unpaired) electrons. The fourth-order valence-corrected chi connectivity index (χ4v) is 6.62. The van der Waals surface area contributed by atoms with Crippen molar-refractivity contribution in [2.45, 2.75) is 90.4 Å². The number of benzene rings is 1. The third-order valence-corrected chi connectivity index (χ3v) is 9.08. The summed E-state index contributed by atoms with van der Waals surface area (Å²) < 4.78 is 13.5. The Balaban J connectivity index is 1.34. The number of aromatic nitrogens is 2. The summed E-state index contributed by atoms with van der Waals surface area (Å²) in [6.07, 6.45) is 10.5. The predicted molar refractivity (Wildman–Crippen MR) is 158 cm³/mol. The second-order valence-corrected chi connectivity index (χ2v) is 12.1. The van der Waals surface area contributed by atoms with Crippen LogP contribution in [0.25, 0.3) is 0 Å². The van der Waals surface area contributed by atoms with Gasteiger partial charge in [-0.05, 0) is 93.7 Å². The molecule has 39 heavy (non-hydrogen) atoms. The molecule has 2 fully saturated rings. The van der Waals surface area contributed by atoms with E-state index in [-0.39, 0.29) is 0 Å². The molecule has 0 spiro atoms. The highest BCUT2D eigenvalue weighted by molar-refractivity contribution is 6.31. The van der Waals surface area contributed by atoms with Gasteiger partial charge in [0.2, 0.25) is 5.95 Å². The molecule has 4 rings (SSSR count). The fraction of sp³-hybridized carbons (Fsp3) is 0.645. The van der Waals surface area contributed by atoms with Crippen LogP contribution in [0.4, 0.5) is 16.2 Å². The lowest BCUT2D eigenvalue weighted by Gasteiger charge is -2.39. The lowest BCUT2D eigenvalue weighted by Crippen LogP contribution is -2.41. The van der Waals surface area contributed by atoms with Gasteiger partial charge in [-0.15, -0.1) is 0 Å². The van der Waals surface area contributed by atoms with Gasteiger partial charge in [-0.2, -0.15) is 10.2 Å². The van der Waals surface area contributed by atoms with Crippen LogP contribution in [0.5, 0.6) is 0 Å². The van der Waals surface area contributed by atoms with E-state index in [1.165, 1.54) is 25.7 Å². The van der Waals surface area contributed by atoms with Crippen molar-refractivity contribution in [1.82, 2.24) is 15.3 Å². The molecule has 0 amide bonds. The Kier molecular flexibility index (Phi) is 11.2. The van der Waals surface area contributed by atoms with Crippen molar-refractivity contribution >= 4 is 23.4 Å². The van der Waals surface area contributed by atoms with Crippen LogP contribution >= 0.6 is 11.6 Å². The minimum Gasteiger partial charge on any atom is -0.369 e. The van der Waals surface area contributed by atoms with Crippen LogP contribution in [0.2, 0.25) is 5.02 Å². The van der Waals surface area contributed by atoms with Gasteiger partial charge in [-0.1, -0.05) is 49.6 Å². The average molecular weight is 555 g/mol. The van der Waals surface area contributed by atoms with E-state index in [1.54, 1.807) is 6.20 Å². The average Bonchev–Trinajstić information content (AvgIpc) is 2.95. The molecule has 1 aromatic carbocycles. The van der Waals surface area contributed by atoms with E-state index in [0.717, 1.165) is 56.7 Å². The Morgan fingerprint density at radius 1 is 1.05 bits per heavy atom. The number of rotatable bonds is 12. The summed E-state index contributed by atoms with van der Waals surface area (Å²) in [6.45, 7) is 6.91. The molecule has 2 saturated carbocycles. The highest BCUT2D eigenvalue weighted by atomic mass is 35.5. The highest BCUT2D eigenvalue weighted by Gasteiger charge is 2.32. The van der Waals surface area contributed by atoms with Crippen molar-refractivity contribution in [3.63, 3.8) is 0 Å². The number of hydrogen-bond donors (Lipinski definition) is 3. The van der Waals surface area contributed by atoms with Crippen LogP contribution in [-0.4, -0.2) is 35.3 Å². The SMILES string of the molecule is CCCC1C[C@@H](CNc2nc(NCc3ccccc3Cl)ncc2C#N)C[C@H]([C@H](C)NC[C@H]2CC[C@H](F)CC2)C1. The highest BCUT2D eigenvalue weighted by Crippen LogP contribution is 2.38. The van der Waals surface area contributed by atoms with Crippen molar-refractivity contribution in [2.75, 3.05) is 23.7 Å². The lowest BCUT2D eigenvalue weighted by atomic mass is 9.71. The zero-order chi connectivity index (χ0) is 27.6. The summed E-state index contributed by atoms with van der Waals surface area (Å²) in [5.41, 5.74) is 1.42. The van der Waals surface area contributed by atoms with Gasteiger partial charge in [0.25, 0.3) is 0 Å². The van der Waals surface area contributed by atoms with Gasteiger partial charge in [0.05, 0.1) is 6.20 Å². The molecule has 1 heterocycles. The first kappa shape index (κ1) is 29.6. The molecule has 1 aromatic heterocycles. The molecular weight excluding hydrogens is 511 g/mol. The summed E-state index contributed by atoms with van der Waals surface area (Å²) in [6, 6.07) is 10.4. The van der Waals surface area contributed by atoms with Crippen LogP contribution in [0.1, 0.15) is 82.8 Å². The largest absolute Gasteiger partial charge is 0.369 e. The summed E-state index contributed by atoms with van der Waals surface area (Å²) in [4.78, 5) is 8.96. The first-order valence-electron chi connectivity index (χ1n) is 14.8. The molecule has 2 aromatic rings. The van der Waals surface area contributed by atoms with Crippen LogP contribution in [0.15, 0.2) is 30.5 Å². The summed E-state index contributed by atoms with van der Waals surface area (Å²) >= 11 is 6.28. The van der Waals surface area contributed by atoms with E-state index in [1.807, 2.05) is 24.3 Å². The molecule has 212 valence electrons. The standard InChI is InChI=1S/C31H44ClFN6/c1-3-6-23-13-24(15-26(14-23)21(2)35-17-22-9-11-28(33)12-10-22)18-36-30-27(16-34)20-38-31(39-30)37-19-25-7-4-5-8-29(25)32/h4-5,7-8,20-24,26,28,35H,3,6,9-15,17-19H2,1-2H3,(H2,36,37,38,39)/t21-,22-,23?,24+,26+,28-/m0/s1. The second kappa shape index (κ2) is 14.8. The maximum Gasteiger partial charge on any atom is 0.224 e. The first-order valence-corrected chi connectivity index (χ1v) is 15.2. The minimum atomic E-state index is -0.592. The smallest absolute Gasteiger partial charge is 0.224 e. The van der Waals surface area contributed by atoms with Gasteiger partial charge in [-0.3, -0.25) is 0 Å². The zero-order valence-corrected chi connectivity index (χ0v) is 24.2. The Bertz CT molecular complexity index is 1080. The van der Waals surface area contributed by atoms with E-state index in [0.29, 0.717) is 52.7 Å². The van der Waals surface area contributed by atoms with Gasteiger partial charge in [-0.25, -0.2) is 9.37 Å². The molecule has 6 nitrogen and oxygen atoms in total. The molecule has 1 unspecified atom stereocenters. The van der Waals surface area contributed by atoms with Crippen molar-refractivity contribution < 1.29 is 4.39 Å². The van der Waals surface area contributed by atoms with Crippen LogP contribution in [0.3, 0.4) is 0 Å². The maximum atomic E-state index is 13.5. The van der Waals surface area contributed by atoms with Crippen molar-refractivity contribution in [3.8, 4) is 6.07 Å². The Labute approximate surface area is 238 Å². The number of hydrogen-bond acceptors (Lipinski definition) is 6.